The molecule has 1 fully saturated rings. The summed E-state index contributed by atoms with van der Waals surface area (Å²) >= 11 is 0. The van der Waals surface area contributed by atoms with Crippen LogP contribution in [0.1, 0.15) is 12.8 Å². The lowest BCUT2D eigenvalue weighted by atomic mass is 10.1. The van der Waals surface area contributed by atoms with E-state index < -0.39 is 0 Å². The predicted octanol–water partition coefficient (Wildman–Crippen LogP) is 1.11. The van der Waals surface area contributed by atoms with Gasteiger partial charge in [0, 0.05) is 26.3 Å². The third-order valence-corrected chi connectivity index (χ3v) is 3.14. The lowest BCUT2D eigenvalue weighted by molar-refractivity contribution is 0.0852. The van der Waals surface area contributed by atoms with Crippen LogP contribution in [-0.2, 0) is 4.74 Å². The Kier molecular flexibility index (Phi) is 4.19. The van der Waals surface area contributed by atoms with Crippen molar-refractivity contribution in [2.45, 2.75) is 18.9 Å². The molecule has 0 saturated carbocycles. The third kappa shape index (κ3) is 2.81. The molecule has 6 nitrogen and oxygen atoms in total. The van der Waals surface area contributed by atoms with E-state index in [0.717, 1.165) is 26.1 Å². The standard InChI is InChI=1S/C12H19N3O3/c1-15(9-4-6-18-7-5-9)12-13-10(16-2)8-11(14-12)17-3/h8-9H,4-7H2,1-3H3. The molecule has 1 saturated heterocycles. The zero-order valence-electron chi connectivity index (χ0n) is 11.0. The number of anilines is 1. The van der Waals surface area contributed by atoms with Crippen molar-refractivity contribution in [2.75, 3.05) is 39.4 Å². The van der Waals surface area contributed by atoms with Gasteiger partial charge in [-0.3, -0.25) is 0 Å². The molecule has 0 spiro atoms. The van der Waals surface area contributed by atoms with Crippen LogP contribution in [0.15, 0.2) is 6.07 Å². The number of aromatic nitrogens is 2. The molecule has 1 aliphatic heterocycles. The van der Waals surface area contributed by atoms with Crippen LogP contribution in [0.25, 0.3) is 0 Å². The first-order valence-corrected chi connectivity index (χ1v) is 6.02. The van der Waals surface area contributed by atoms with Crippen molar-refractivity contribution in [3.05, 3.63) is 6.07 Å². The van der Waals surface area contributed by atoms with Crippen molar-refractivity contribution in [1.82, 2.24) is 9.97 Å². The number of methoxy groups -OCH3 is 2. The Hall–Kier alpha value is -1.56. The zero-order valence-corrected chi connectivity index (χ0v) is 11.0. The molecular formula is C12H19N3O3. The van der Waals surface area contributed by atoms with Crippen LogP contribution >= 0.6 is 0 Å². The van der Waals surface area contributed by atoms with Gasteiger partial charge in [0.25, 0.3) is 0 Å². The molecule has 0 amide bonds. The Morgan fingerprint density at radius 2 is 1.72 bits per heavy atom. The molecule has 1 aromatic heterocycles. The summed E-state index contributed by atoms with van der Waals surface area (Å²) < 4.78 is 15.7. The molecular weight excluding hydrogens is 234 g/mol. The van der Waals surface area contributed by atoms with E-state index >= 15 is 0 Å². The van der Waals surface area contributed by atoms with Gasteiger partial charge in [0.1, 0.15) is 0 Å². The smallest absolute Gasteiger partial charge is 0.231 e. The summed E-state index contributed by atoms with van der Waals surface area (Å²) in [4.78, 5) is 10.8. The number of ether oxygens (including phenoxy) is 3. The number of rotatable bonds is 4. The minimum atomic E-state index is 0.399. The lowest BCUT2D eigenvalue weighted by Crippen LogP contribution is -2.37. The summed E-state index contributed by atoms with van der Waals surface area (Å²) in [5.41, 5.74) is 0. The molecule has 2 heterocycles. The Labute approximate surface area is 107 Å². The maximum absolute atomic E-state index is 5.36. The fraction of sp³-hybridized carbons (Fsp3) is 0.667. The summed E-state index contributed by atoms with van der Waals surface area (Å²) in [5, 5.41) is 0. The molecule has 0 atom stereocenters. The average Bonchev–Trinajstić information content (AvgIpc) is 2.46. The van der Waals surface area contributed by atoms with Gasteiger partial charge in [-0.1, -0.05) is 0 Å². The van der Waals surface area contributed by atoms with Gasteiger partial charge in [-0.2, -0.15) is 9.97 Å². The second kappa shape index (κ2) is 5.86. The highest BCUT2D eigenvalue weighted by molar-refractivity contribution is 5.37. The van der Waals surface area contributed by atoms with Crippen LogP contribution in [0.2, 0.25) is 0 Å². The number of nitrogens with zero attached hydrogens (tertiary/aromatic N) is 3. The molecule has 18 heavy (non-hydrogen) atoms. The third-order valence-electron chi connectivity index (χ3n) is 3.14. The van der Waals surface area contributed by atoms with E-state index in [1.807, 2.05) is 7.05 Å². The summed E-state index contributed by atoms with van der Waals surface area (Å²) in [7, 11) is 5.16. The Morgan fingerprint density at radius 1 is 1.17 bits per heavy atom. The minimum absolute atomic E-state index is 0.399. The molecule has 100 valence electrons. The first kappa shape index (κ1) is 12.9. The van der Waals surface area contributed by atoms with Crippen molar-refractivity contribution < 1.29 is 14.2 Å². The van der Waals surface area contributed by atoms with Crippen molar-refractivity contribution >= 4 is 5.95 Å². The largest absolute Gasteiger partial charge is 0.481 e. The second-order valence-electron chi connectivity index (χ2n) is 4.21. The van der Waals surface area contributed by atoms with Crippen LogP contribution < -0.4 is 14.4 Å². The highest BCUT2D eigenvalue weighted by atomic mass is 16.5. The SMILES string of the molecule is COc1cc(OC)nc(N(C)C2CCOCC2)n1. The number of hydrogen-bond acceptors (Lipinski definition) is 6. The predicted molar refractivity (Wildman–Crippen MR) is 67.4 cm³/mol. The van der Waals surface area contributed by atoms with Crippen molar-refractivity contribution in [1.29, 1.82) is 0 Å². The van der Waals surface area contributed by atoms with Crippen molar-refractivity contribution in [3.63, 3.8) is 0 Å². The molecule has 0 aliphatic carbocycles. The molecule has 1 aromatic rings. The lowest BCUT2D eigenvalue weighted by Gasteiger charge is -2.31. The van der Waals surface area contributed by atoms with Crippen LogP contribution in [0, 0.1) is 0 Å². The van der Waals surface area contributed by atoms with Gasteiger partial charge in [-0.05, 0) is 12.8 Å². The maximum Gasteiger partial charge on any atom is 0.231 e. The van der Waals surface area contributed by atoms with Crippen molar-refractivity contribution in [2.24, 2.45) is 0 Å². The molecule has 0 aromatic carbocycles. The van der Waals surface area contributed by atoms with E-state index in [-0.39, 0.29) is 0 Å². The van der Waals surface area contributed by atoms with Gasteiger partial charge < -0.3 is 19.1 Å². The topological polar surface area (TPSA) is 56.7 Å². The molecule has 2 rings (SSSR count). The Balaban J connectivity index is 2.19. The van der Waals surface area contributed by atoms with E-state index in [4.69, 9.17) is 14.2 Å². The molecule has 1 aliphatic rings. The monoisotopic (exact) mass is 253 g/mol. The summed E-state index contributed by atoms with van der Waals surface area (Å²) in [6.45, 7) is 1.58. The normalized spacial score (nSPS) is 16.4. The van der Waals surface area contributed by atoms with Gasteiger partial charge in [-0.15, -0.1) is 0 Å². The van der Waals surface area contributed by atoms with Gasteiger partial charge in [0.2, 0.25) is 17.7 Å². The van der Waals surface area contributed by atoms with E-state index in [2.05, 4.69) is 14.9 Å². The first-order valence-electron chi connectivity index (χ1n) is 6.02. The van der Waals surface area contributed by atoms with E-state index in [9.17, 15) is 0 Å². The van der Waals surface area contributed by atoms with Crippen molar-refractivity contribution in [3.8, 4) is 11.8 Å². The second-order valence-corrected chi connectivity index (χ2v) is 4.21. The average molecular weight is 253 g/mol. The highest BCUT2D eigenvalue weighted by Gasteiger charge is 2.21. The van der Waals surface area contributed by atoms with Gasteiger partial charge in [-0.25, -0.2) is 0 Å². The molecule has 0 N–H and O–H groups in total. The van der Waals surface area contributed by atoms with Gasteiger partial charge in [0.05, 0.1) is 20.3 Å². The summed E-state index contributed by atoms with van der Waals surface area (Å²) in [6.07, 6.45) is 1.97. The van der Waals surface area contributed by atoms with Crippen LogP contribution in [0.3, 0.4) is 0 Å². The fourth-order valence-electron chi connectivity index (χ4n) is 1.99. The summed E-state index contributed by atoms with van der Waals surface area (Å²) in [6, 6.07) is 2.07. The molecule has 0 bridgehead atoms. The van der Waals surface area contributed by atoms with Crippen LogP contribution in [-0.4, -0.2) is 50.5 Å². The zero-order chi connectivity index (χ0) is 13.0. The maximum atomic E-state index is 5.36. The summed E-state index contributed by atoms with van der Waals surface area (Å²) in [5.74, 6) is 1.64. The van der Waals surface area contributed by atoms with Gasteiger partial charge >= 0.3 is 0 Å². The minimum Gasteiger partial charge on any atom is -0.481 e. The van der Waals surface area contributed by atoms with E-state index in [1.165, 1.54) is 0 Å². The van der Waals surface area contributed by atoms with E-state index in [1.54, 1.807) is 20.3 Å². The first-order chi connectivity index (χ1) is 8.74. The Bertz CT molecular complexity index is 372. The quantitative estimate of drug-likeness (QED) is 0.801. The molecule has 0 unspecified atom stereocenters. The van der Waals surface area contributed by atoms with Crippen LogP contribution in [0.4, 0.5) is 5.95 Å². The number of hydrogen-bond donors (Lipinski definition) is 0. The van der Waals surface area contributed by atoms with E-state index in [0.29, 0.717) is 23.8 Å². The molecule has 0 radical (unpaired) electrons. The molecule has 6 heteroatoms. The van der Waals surface area contributed by atoms with Crippen LogP contribution in [0.5, 0.6) is 11.8 Å². The van der Waals surface area contributed by atoms with Gasteiger partial charge in [0.15, 0.2) is 0 Å². The fourth-order valence-corrected chi connectivity index (χ4v) is 1.99. The Morgan fingerprint density at radius 3 is 2.22 bits per heavy atom. The highest BCUT2D eigenvalue weighted by Crippen LogP contribution is 2.23.